The Morgan fingerprint density at radius 1 is 1.70 bits per heavy atom. The summed E-state index contributed by atoms with van der Waals surface area (Å²) in [5, 5.41) is 9.32. The largest absolute Gasteiger partial charge is 0.390 e. The lowest BCUT2D eigenvalue weighted by molar-refractivity contribution is -0.0138. The van der Waals surface area contributed by atoms with E-state index in [1.165, 1.54) is 5.57 Å². The lowest BCUT2D eigenvalue weighted by Gasteiger charge is -2.24. The van der Waals surface area contributed by atoms with Crippen LogP contribution in [0.1, 0.15) is 19.8 Å². The number of aliphatic hydroxyl groups excluding tert-OH is 1. The van der Waals surface area contributed by atoms with Gasteiger partial charge in [-0.15, -0.1) is 0 Å². The molecule has 10 heavy (non-hydrogen) atoms. The van der Waals surface area contributed by atoms with Gasteiger partial charge in [-0.25, -0.2) is 0 Å². The Morgan fingerprint density at radius 3 is 2.90 bits per heavy atom. The van der Waals surface area contributed by atoms with E-state index < -0.39 is 0 Å². The van der Waals surface area contributed by atoms with Crippen molar-refractivity contribution in [3.63, 3.8) is 0 Å². The maximum absolute atomic E-state index is 9.32. The molecule has 1 N–H and O–H groups in total. The highest BCUT2D eigenvalue weighted by atomic mass is 16.5. The first-order valence-corrected chi connectivity index (χ1v) is 3.60. The molecule has 0 fully saturated rings. The maximum Gasteiger partial charge on any atom is 0.0870 e. The first-order valence-electron chi connectivity index (χ1n) is 3.60. The number of aliphatic hydroxyl groups is 1. The van der Waals surface area contributed by atoms with E-state index >= 15 is 0 Å². The van der Waals surface area contributed by atoms with Crippen LogP contribution in [0.15, 0.2) is 11.6 Å². The average Bonchev–Trinajstić information content (AvgIpc) is 1.94. The van der Waals surface area contributed by atoms with Gasteiger partial charge in [0.2, 0.25) is 0 Å². The molecule has 2 heteroatoms. The summed E-state index contributed by atoms with van der Waals surface area (Å²) in [6, 6.07) is 0. The van der Waals surface area contributed by atoms with Crippen LogP contribution in [0.25, 0.3) is 0 Å². The molecule has 0 bridgehead atoms. The van der Waals surface area contributed by atoms with Gasteiger partial charge < -0.3 is 9.84 Å². The van der Waals surface area contributed by atoms with E-state index in [1.54, 1.807) is 7.11 Å². The smallest absolute Gasteiger partial charge is 0.0870 e. The third-order valence-electron chi connectivity index (χ3n) is 1.96. The first kappa shape index (κ1) is 7.76. The molecule has 0 amide bonds. The fourth-order valence-electron chi connectivity index (χ4n) is 1.25. The molecule has 1 aliphatic carbocycles. The molecule has 0 spiro atoms. The molecule has 1 rings (SSSR count). The van der Waals surface area contributed by atoms with E-state index in [4.69, 9.17) is 4.74 Å². The van der Waals surface area contributed by atoms with E-state index in [2.05, 4.69) is 13.0 Å². The summed E-state index contributed by atoms with van der Waals surface area (Å²) in [5.41, 5.74) is 1.32. The summed E-state index contributed by atoms with van der Waals surface area (Å²) in [7, 11) is 1.65. The van der Waals surface area contributed by atoms with Crippen molar-refractivity contribution in [3.8, 4) is 0 Å². The third-order valence-corrected chi connectivity index (χ3v) is 1.96. The van der Waals surface area contributed by atoms with Crippen LogP contribution < -0.4 is 0 Å². The Morgan fingerprint density at radius 2 is 2.40 bits per heavy atom. The Hall–Kier alpha value is -0.340. The molecule has 0 saturated heterocycles. The predicted molar refractivity (Wildman–Crippen MR) is 39.8 cm³/mol. The Balaban J connectivity index is 2.53. The van der Waals surface area contributed by atoms with Gasteiger partial charge in [0.25, 0.3) is 0 Å². The van der Waals surface area contributed by atoms with Crippen LogP contribution in [-0.4, -0.2) is 24.4 Å². The SMILES string of the molecule is COC1CC(C)=CCC1O. The van der Waals surface area contributed by atoms with Crippen molar-refractivity contribution in [2.24, 2.45) is 0 Å². The van der Waals surface area contributed by atoms with Crippen molar-refractivity contribution < 1.29 is 9.84 Å². The minimum Gasteiger partial charge on any atom is -0.390 e. The number of hydrogen-bond donors (Lipinski definition) is 1. The lowest BCUT2D eigenvalue weighted by Crippen LogP contribution is -2.30. The number of hydrogen-bond acceptors (Lipinski definition) is 2. The number of rotatable bonds is 1. The summed E-state index contributed by atoms with van der Waals surface area (Å²) in [4.78, 5) is 0. The summed E-state index contributed by atoms with van der Waals surface area (Å²) in [6.45, 7) is 2.07. The second kappa shape index (κ2) is 3.17. The van der Waals surface area contributed by atoms with Gasteiger partial charge in [0.1, 0.15) is 0 Å². The first-order chi connectivity index (χ1) is 4.74. The quantitative estimate of drug-likeness (QED) is 0.555. The number of ether oxygens (including phenoxy) is 1. The fourth-order valence-corrected chi connectivity index (χ4v) is 1.25. The summed E-state index contributed by atoms with van der Waals surface area (Å²) >= 11 is 0. The van der Waals surface area contributed by atoms with Crippen molar-refractivity contribution in [2.75, 3.05) is 7.11 Å². The Labute approximate surface area is 61.5 Å². The van der Waals surface area contributed by atoms with Crippen LogP contribution in [0.4, 0.5) is 0 Å². The van der Waals surface area contributed by atoms with Gasteiger partial charge >= 0.3 is 0 Å². The summed E-state index contributed by atoms with van der Waals surface area (Å²) in [5.74, 6) is 0. The second-order valence-corrected chi connectivity index (χ2v) is 2.83. The minimum atomic E-state index is -0.298. The molecule has 0 saturated carbocycles. The second-order valence-electron chi connectivity index (χ2n) is 2.83. The van der Waals surface area contributed by atoms with E-state index in [-0.39, 0.29) is 12.2 Å². The zero-order valence-electron chi connectivity index (χ0n) is 6.50. The van der Waals surface area contributed by atoms with Crippen molar-refractivity contribution in [1.29, 1.82) is 0 Å². The molecule has 2 nitrogen and oxygen atoms in total. The van der Waals surface area contributed by atoms with Gasteiger partial charge in [-0.05, 0) is 19.8 Å². The van der Waals surface area contributed by atoms with Gasteiger partial charge in [0.15, 0.2) is 0 Å². The maximum atomic E-state index is 9.32. The summed E-state index contributed by atoms with van der Waals surface area (Å²) < 4.78 is 5.08. The molecule has 0 aromatic rings. The lowest BCUT2D eigenvalue weighted by atomic mass is 9.95. The van der Waals surface area contributed by atoms with E-state index in [0.29, 0.717) is 0 Å². The van der Waals surface area contributed by atoms with Crippen LogP contribution in [0.5, 0.6) is 0 Å². The van der Waals surface area contributed by atoms with Crippen molar-refractivity contribution >= 4 is 0 Å². The summed E-state index contributed by atoms with van der Waals surface area (Å²) in [6.07, 6.45) is 3.40. The fraction of sp³-hybridized carbons (Fsp3) is 0.750. The van der Waals surface area contributed by atoms with Gasteiger partial charge in [-0.3, -0.25) is 0 Å². The molecule has 0 aromatic heterocycles. The van der Waals surface area contributed by atoms with Crippen molar-refractivity contribution in [1.82, 2.24) is 0 Å². The molecule has 0 radical (unpaired) electrons. The Bertz CT molecular complexity index is 140. The zero-order valence-corrected chi connectivity index (χ0v) is 6.50. The van der Waals surface area contributed by atoms with Crippen molar-refractivity contribution in [3.05, 3.63) is 11.6 Å². The predicted octanol–water partition coefficient (Wildman–Crippen LogP) is 1.10. The van der Waals surface area contributed by atoms with Gasteiger partial charge in [-0.1, -0.05) is 11.6 Å². The molecule has 0 heterocycles. The molecular formula is C8H14O2. The molecule has 1 aliphatic rings. The van der Waals surface area contributed by atoms with E-state index in [0.717, 1.165) is 12.8 Å². The molecule has 2 atom stereocenters. The molecular weight excluding hydrogens is 128 g/mol. The molecule has 2 unspecified atom stereocenters. The van der Waals surface area contributed by atoms with Crippen LogP contribution in [-0.2, 0) is 4.74 Å². The topological polar surface area (TPSA) is 29.5 Å². The van der Waals surface area contributed by atoms with Gasteiger partial charge in [-0.2, -0.15) is 0 Å². The monoisotopic (exact) mass is 142 g/mol. The van der Waals surface area contributed by atoms with Crippen LogP contribution in [0.2, 0.25) is 0 Å². The highest BCUT2D eigenvalue weighted by Gasteiger charge is 2.21. The highest BCUT2D eigenvalue weighted by molar-refractivity contribution is 5.06. The van der Waals surface area contributed by atoms with Gasteiger partial charge in [0, 0.05) is 7.11 Å². The van der Waals surface area contributed by atoms with E-state index in [1.807, 2.05) is 0 Å². The third kappa shape index (κ3) is 1.58. The Kier molecular flexibility index (Phi) is 2.46. The zero-order chi connectivity index (χ0) is 7.56. The van der Waals surface area contributed by atoms with Gasteiger partial charge in [0.05, 0.1) is 12.2 Å². The molecule has 0 aromatic carbocycles. The molecule has 0 aliphatic heterocycles. The van der Waals surface area contributed by atoms with E-state index in [9.17, 15) is 5.11 Å². The normalized spacial score (nSPS) is 33.7. The van der Waals surface area contributed by atoms with Crippen LogP contribution >= 0.6 is 0 Å². The highest BCUT2D eigenvalue weighted by Crippen LogP contribution is 2.19. The standard InChI is InChI=1S/C8H14O2/c1-6-3-4-7(9)8(5-6)10-2/h3,7-9H,4-5H2,1-2H3. The minimum absolute atomic E-state index is 0.0185. The van der Waals surface area contributed by atoms with Crippen molar-refractivity contribution in [2.45, 2.75) is 32.0 Å². The van der Waals surface area contributed by atoms with Crippen LogP contribution in [0.3, 0.4) is 0 Å². The molecule has 58 valence electrons. The number of methoxy groups -OCH3 is 1. The average molecular weight is 142 g/mol. The van der Waals surface area contributed by atoms with Crippen LogP contribution in [0, 0.1) is 0 Å².